The highest BCUT2D eigenvalue weighted by Gasteiger charge is 2.24. The molecular formula is C14H20F2N2O. The fourth-order valence-electron chi connectivity index (χ4n) is 2.51. The van der Waals surface area contributed by atoms with Gasteiger partial charge in [-0.1, -0.05) is 6.07 Å². The Balaban J connectivity index is 2.19. The molecule has 0 spiro atoms. The van der Waals surface area contributed by atoms with Crippen molar-refractivity contribution in [3.05, 3.63) is 29.3 Å². The predicted octanol–water partition coefficient (Wildman–Crippen LogP) is 2.43. The molecule has 0 radical (unpaired) electrons. The van der Waals surface area contributed by atoms with E-state index in [1.54, 1.807) is 12.1 Å². The minimum absolute atomic E-state index is 0.00457. The van der Waals surface area contributed by atoms with Gasteiger partial charge in [0, 0.05) is 31.8 Å². The smallest absolute Gasteiger partial charge is 0.182 e. The van der Waals surface area contributed by atoms with Gasteiger partial charge in [-0.05, 0) is 25.8 Å². The fraction of sp³-hybridized carbons (Fsp3) is 0.571. The first kappa shape index (κ1) is 14.2. The van der Waals surface area contributed by atoms with Crippen molar-refractivity contribution in [1.82, 2.24) is 0 Å². The molecule has 1 heterocycles. The summed E-state index contributed by atoms with van der Waals surface area (Å²) in [7, 11) is 0. The van der Waals surface area contributed by atoms with Gasteiger partial charge in [0.2, 0.25) is 0 Å². The van der Waals surface area contributed by atoms with Crippen LogP contribution in [0.3, 0.4) is 0 Å². The Hall–Kier alpha value is -1.20. The van der Waals surface area contributed by atoms with Gasteiger partial charge in [0.15, 0.2) is 11.6 Å². The van der Waals surface area contributed by atoms with Crippen molar-refractivity contribution < 1.29 is 13.5 Å². The van der Waals surface area contributed by atoms with Crippen LogP contribution in [-0.4, -0.2) is 25.8 Å². The number of nitrogens with zero attached hydrogens (tertiary/aromatic N) is 1. The number of rotatable bonds is 4. The second kappa shape index (κ2) is 6.30. The number of hydrogen-bond acceptors (Lipinski definition) is 3. The molecule has 0 bridgehead atoms. The summed E-state index contributed by atoms with van der Waals surface area (Å²) in [6.45, 7) is 3.91. The Bertz CT molecular complexity index is 438. The molecule has 0 aliphatic carbocycles. The van der Waals surface area contributed by atoms with Crippen molar-refractivity contribution in [2.24, 2.45) is 5.73 Å². The van der Waals surface area contributed by atoms with Crippen molar-refractivity contribution in [1.29, 1.82) is 0 Å². The molecule has 1 aliphatic rings. The van der Waals surface area contributed by atoms with Gasteiger partial charge in [0.1, 0.15) is 0 Å². The molecule has 0 amide bonds. The Morgan fingerprint density at radius 3 is 2.84 bits per heavy atom. The first-order valence-corrected chi connectivity index (χ1v) is 6.70. The van der Waals surface area contributed by atoms with Gasteiger partial charge >= 0.3 is 0 Å². The van der Waals surface area contributed by atoms with Crippen LogP contribution in [0.1, 0.15) is 25.3 Å². The number of anilines is 1. The van der Waals surface area contributed by atoms with Crippen LogP contribution in [0.25, 0.3) is 0 Å². The Morgan fingerprint density at radius 1 is 1.37 bits per heavy atom. The molecular weight excluding hydrogens is 250 g/mol. The summed E-state index contributed by atoms with van der Waals surface area (Å²) in [6, 6.07) is 3.16. The first-order chi connectivity index (χ1) is 9.17. The highest BCUT2D eigenvalue weighted by atomic mass is 19.2. The average molecular weight is 270 g/mol. The molecule has 1 atom stereocenters. The second-order valence-corrected chi connectivity index (χ2v) is 4.74. The monoisotopic (exact) mass is 270 g/mol. The molecule has 19 heavy (non-hydrogen) atoms. The normalized spacial score (nSPS) is 19.8. The maximum absolute atomic E-state index is 14.0. The average Bonchev–Trinajstić information content (AvgIpc) is 2.42. The molecule has 2 N–H and O–H groups in total. The van der Waals surface area contributed by atoms with Crippen molar-refractivity contribution in [3.63, 3.8) is 0 Å². The molecule has 1 saturated heterocycles. The zero-order valence-corrected chi connectivity index (χ0v) is 11.2. The van der Waals surface area contributed by atoms with Crippen LogP contribution in [0.15, 0.2) is 12.1 Å². The lowest BCUT2D eigenvalue weighted by Gasteiger charge is -2.34. The summed E-state index contributed by atoms with van der Waals surface area (Å²) in [5.41, 5.74) is 5.88. The molecule has 2 rings (SSSR count). The van der Waals surface area contributed by atoms with Crippen molar-refractivity contribution in [2.45, 2.75) is 32.4 Å². The number of halogens is 2. The van der Waals surface area contributed by atoms with E-state index >= 15 is 0 Å². The lowest BCUT2D eigenvalue weighted by Crippen LogP contribution is -2.40. The van der Waals surface area contributed by atoms with Crippen LogP contribution in [0.4, 0.5) is 14.5 Å². The number of benzene rings is 1. The van der Waals surface area contributed by atoms with Gasteiger partial charge in [-0.3, -0.25) is 0 Å². The topological polar surface area (TPSA) is 38.5 Å². The summed E-state index contributed by atoms with van der Waals surface area (Å²) < 4.78 is 33.4. The second-order valence-electron chi connectivity index (χ2n) is 4.74. The minimum atomic E-state index is -0.835. The quantitative estimate of drug-likeness (QED) is 0.913. The third-order valence-electron chi connectivity index (χ3n) is 3.48. The van der Waals surface area contributed by atoms with E-state index in [9.17, 15) is 8.78 Å². The summed E-state index contributed by atoms with van der Waals surface area (Å²) in [5.74, 6) is -1.64. The van der Waals surface area contributed by atoms with Gasteiger partial charge in [-0.2, -0.15) is 0 Å². The molecule has 3 nitrogen and oxygen atoms in total. The third kappa shape index (κ3) is 3.04. The van der Waals surface area contributed by atoms with Crippen molar-refractivity contribution >= 4 is 5.69 Å². The molecule has 1 aromatic carbocycles. The van der Waals surface area contributed by atoms with Gasteiger partial charge in [-0.25, -0.2) is 8.78 Å². The van der Waals surface area contributed by atoms with E-state index in [2.05, 4.69) is 0 Å². The van der Waals surface area contributed by atoms with E-state index in [-0.39, 0.29) is 18.2 Å². The van der Waals surface area contributed by atoms with Crippen LogP contribution in [0.5, 0.6) is 0 Å². The van der Waals surface area contributed by atoms with E-state index < -0.39 is 11.6 Å². The van der Waals surface area contributed by atoms with Gasteiger partial charge < -0.3 is 15.4 Å². The molecule has 1 aliphatic heterocycles. The number of ether oxygens (including phenoxy) is 1. The zero-order valence-electron chi connectivity index (χ0n) is 11.2. The Morgan fingerprint density at radius 2 is 2.16 bits per heavy atom. The fourth-order valence-corrected chi connectivity index (χ4v) is 2.51. The summed E-state index contributed by atoms with van der Waals surface area (Å²) in [6.07, 6.45) is 1.98. The molecule has 106 valence electrons. The van der Waals surface area contributed by atoms with Gasteiger partial charge in [-0.15, -0.1) is 0 Å². The third-order valence-corrected chi connectivity index (χ3v) is 3.48. The van der Waals surface area contributed by atoms with Gasteiger partial charge in [0.05, 0.1) is 11.8 Å². The lowest BCUT2D eigenvalue weighted by atomic mass is 10.1. The van der Waals surface area contributed by atoms with Crippen LogP contribution in [-0.2, 0) is 11.3 Å². The van der Waals surface area contributed by atoms with E-state index in [0.717, 1.165) is 19.4 Å². The van der Waals surface area contributed by atoms with Crippen LogP contribution in [0, 0.1) is 11.6 Å². The van der Waals surface area contributed by atoms with Crippen LogP contribution >= 0.6 is 0 Å². The zero-order chi connectivity index (χ0) is 13.8. The van der Waals surface area contributed by atoms with Gasteiger partial charge in [0.25, 0.3) is 0 Å². The van der Waals surface area contributed by atoms with E-state index in [1.165, 1.54) is 0 Å². The highest BCUT2D eigenvalue weighted by Crippen LogP contribution is 2.27. The predicted molar refractivity (Wildman–Crippen MR) is 71.1 cm³/mol. The van der Waals surface area contributed by atoms with Crippen molar-refractivity contribution in [2.75, 3.05) is 24.6 Å². The molecule has 5 heteroatoms. The van der Waals surface area contributed by atoms with Crippen molar-refractivity contribution in [3.8, 4) is 0 Å². The number of hydrogen-bond donors (Lipinski definition) is 1. The molecule has 1 aromatic rings. The summed E-state index contributed by atoms with van der Waals surface area (Å²) >= 11 is 0. The van der Waals surface area contributed by atoms with E-state index in [1.807, 2.05) is 11.8 Å². The van der Waals surface area contributed by atoms with E-state index in [0.29, 0.717) is 18.8 Å². The first-order valence-electron chi connectivity index (χ1n) is 6.70. The molecule has 0 saturated carbocycles. The SMILES string of the molecule is CCOC1CCCN(c2ccc(CN)c(F)c2F)C1. The minimum Gasteiger partial charge on any atom is -0.377 e. The Kier molecular flexibility index (Phi) is 4.71. The Labute approximate surface area is 112 Å². The van der Waals surface area contributed by atoms with Crippen LogP contribution < -0.4 is 10.6 Å². The maximum Gasteiger partial charge on any atom is 0.182 e. The molecule has 0 aromatic heterocycles. The number of nitrogens with two attached hydrogens (primary N) is 1. The lowest BCUT2D eigenvalue weighted by molar-refractivity contribution is 0.0525. The number of piperidine rings is 1. The highest BCUT2D eigenvalue weighted by molar-refractivity contribution is 5.50. The maximum atomic E-state index is 14.0. The standard InChI is InChI=1S/C14H20F2N2O/c1-2-19-11-4-3-7-18(9-11)12-6-5-10(8-17)13(15)14(12)16/h5-6,11H,2-4,7-9,17H2,1H3. The summed E-state index contributed by atoms with van der Waals surface area (Å²) in [4.78, 5) is 1.85. The summed E-state index contributed by atoms with van der Waals surface area (Å²) in [5, 5.41) is 0. The molecule has 1 fully saturated rings. The largest absolute Gasteiger partial charge is 0.377 e. The molecule has 1 unspecified atom stereocenters. The van der Waals surface area contributed by atoms with E-state index in [4.69, 9.17) is 10.5 Å². The van der Waals surface area contributed by atoms with Crippen LogP contribution in [0.2, 0.25) is 0 Å².